The molecule has 0 aliphatic rings. The van der Waals surface area contributed by atoms with Crippen molar-refractivity contribution in [1.29, 1.82) is 5.26 Å². The molecule has 0 radical (unpaired) electrons. The maximum Gasteiger partial charge on any atom is 0.129 e. The molecule has 14 heavy (non-hydrogen) atoms. The fourth-order valence-corrected chi connectivity index (χ4v) is 1.03. The molecular weight excluding hydrogens is 174 g/mol. The average molecular weight is 187 g/mol. The van der Waals surface area contributed by atoms with Gasteiger partial charge in [0.05, 0.1) is 0 Å². The second kappa shape index (κ2) is 5.65. The highest BCUT2D eigenvalue weighted by atomic mass is 14.9. The van der Waals surface area contributed by atoms with Gasteiger partial charge in [-0.3, -0.25) is 0 Å². The van der Waals surface area contributed by atoms with Crippen LogP contribution < -0.4 is 10.6 Å². The Morgan fingerprint density at radius 3 is 2.71 bits per heavy atom. The number of hydrogen-bond acceptors (Lipinski definition) is 3. The molecule has 0 saturated heterocycles. The van der Waals surface area contributed by atoms with Crippen molar-refractivity contribution in [2.45, 2.75) is 6.54 Å². The Morgan fingerprint density at radius 1 is 1.43 bits per heavy atom. The lowest BCUT2D eigenvalue weighted by Crippen LogP contribution is -2.11. The summed E-state index contributed by atoms with van der Waals surface area (Å²) < 4.78 is 0. The van der Waals surface area contributed by atoms with Gasteiger partial charge in [-0.05, 0) is 5.56 Å². The third-order valence-electron chi connectivity index (χ3n) is 1.79. The van der Waals surface area contributed by atoms with Crippen molar-refractivity contribution in [3.05, 3.63) is 47.8 Å². The Bertz CT molecular complexity index is 335. The molecule has 1 aromatic rings. The maximum atomic E-state index is 8.60. The molecule has 0 fully saturated rings. The smallest absolute Gasteiger partial charge is 0.129 e. The van der Waals surface area contributed by atoms with Crippen molar-refractivity contribution in [3.63, 3.8) is 0 Å². The molecule has 0 amide bonds. The molecule has 3 heteroatoms. The molecule has 3 nitrogen and oxygen atoms in total. The summed E-state index contributed by atoms with van der Waals surface area (Å²) in [5, 5.41) is 14.4. The molecule has 0 spiro atoms. The summed E-state index contributed by atoms with van der Waals surface area (Å²) in [5.74, 6) is 0. The molecule has 72 valence electrons. The molecule has 0 aromatic heterocycles. The Kier molecular flexibility index (Phi) is 4.09. The second-order valence-corrected chi connectivity index (χ2v) is 2.79. The summed E-state index contributed by atoms with van der Waals surface area (Å²) in [7, 11) is 1.72. The zero-order valence-corrected chi connectivity index (χ0v) is 8.12. The normalized spacial score (nSPS) is 10.4. The quantitative estimate of drug-likeness (QED) is 0.700. The lowest BCUT2D eigenvalue weighted by Gasteiger charge is -2.01. The van der Waals surface area contributed by atoms with E-state index >= 15 is 0 Å². The van der Waals surface area contributed by atoms with Crippen LogP contribution in [0.3, 0.4) is 0 Å². The van der Waals surface area contributed by atoms with Gasteiger partial charge < -0.3 is 10.6 Å². The Balaban J connectivity index is 2.43. The molecular formula is C11H13N3. The van der Waals surface area contributed by atoms with E-state index in [0.29, 0.717) is 5.70 Å². The zero-order valence-electron chi connectivity index (χ0n) is 8.12. The third kappa shape index (κ3) is 3.20. The van der Waals surface area contributed by atoms with Gasteiger partial charge in [-0.2, -0.15) is 5.26 Å². The molecule has 0 saturated carbocycles. The number of benzene rings is 1. The molecule has 0 bridgehead atoms. The molecule has 2 N–H and O–H groups in total. The Hall–Kier alpha value is -1.95. The highest BCUT2D eigenvalue weighted by molar-refractivity contribution is 5.18. The van der Waals surface area contributed by atoms with Crippen LogP contribution in [0.15, 0.2) is 42.2 Å². The van der Waals surface area contributed by atoms with E-state index in [9.17, 15) is 0 Å². The van der Waals surface area contributed by atoms with E-state index < -0.39 is 0 Å². The van der Waals surface area contributed by atoms with Crippen molar-refractivity contribution < 1.29 is 0 Å². The van der Waals surface area contributed by atoms with E-state index in [-0.39, 0.29) is 0 Å². The van der Waals surface area contributed by atoms with Gasteiger partial charge in [0.25, 0.3) is 0 Å². The number of hydrogen-bond donors (Lipinski definition) is 2. The third-order valence-corrected chi connectivity index (χ3v) is 1.79. The minimum atomic E-state index is 0.529. The zero-order chi connectivity index (χ0) is 10.2. The first-order valence-corrected chi connectivity index (χ1v) is 4.42. The fourth-order valence-electron chi connectivity index (χ4n) is 1.03. The van der Waals surface area contributed by atoms with E-state index in [1.165, 1.54) is 5.56 Å². The van der Waals surface area contributed by atoms with Gasteiger partial charge in [0.2, 0.25) is 0 Å². The van der Waals surface area contributed by atoms with Gasteiger partial charge in [0.15, 0.2) is 0 Å². The summed E-state index contributed by atoms with van der Waals surface area (Å²) >= 11 is 0. The SMILES string of the molecule is CN/C(C#N)=C/NCc1ccccc1. The summed E-state index contributed by atoms with van der Waals surface area (Å²) in [6.45, 7) is 0.730. The van der Waals surface area contributed by atoms with Crippen LogP contribution in [0.4, 0.5) is 0 Å². The van der Waals surface area contributed by atoms with E-state index in [1.54, 1.807) is 13.2 Å². The predicted octanol–water partition coefficient (Wildman–Crippen LogP) is 1.36. The van der Waals surface area contributed by atoms with E-state index in [2.05, 4.69) is 10.6 Å². The van der Waals surface area contributed by atoms with Crippen molar-refractivity contribution in [1.82, 2.24) is 10.6 Å². The first-order valence-electron chi connectivity index (χ1n) is 4.42. The van der Waals surface area contributed by atoms with Gasteiger partial charge in [-0.25, -0.2) is 0 Å². The number of rotatable bonds is 4. The molecule has 0 aliphatic heterocycles. The Labute approximate surface area is 84.1 Å². The second-order valence-electron chi connectivity index (χ2n) is 2.79. The summed E-state index contributed by atoms with van der Waals surface area (Å²) in [5.41, 5.74) is 1.72. The highest BCUT2D eigenvalue weighted by Crippen LogP contribution is 1.97. The van der Waals surface area contributed by atoms with Crippen LogP contribution in [0.1, 0.15) is 5.56 Å². The highest BCUT2D eigenvalue weighted by Gasteiger charge is 1.89. The monoisotopic (exact) mass is 187 g/mol. The van der Waals surface area contributed by atoms with Gasteiger partial charge >= 0.3 is 0 Å². The van der Waals surface area contributed by atoms with Gasteiger partial charge in [-0.1, -0.05) is 30.3 Å². The minimum Gasteiger partial charge on any atom is -0.385 e. The molecule has 0 atom stereocenters. The van der Waals surface area contributed by atoms with Crippen molar-refractivity contribution in [3.8, 4) is 6.07 Å². The minimum absolute atomic E-state index is 0.529. The lowest BCUT2D eigenvalue weighted by atomic mass is 10.2. The van der Waals surface area contributed by atoms with Crippen LogP contribution in [0, 0.1) is 11.3 Å². The van der Waals surface area contributed by atoms with E-state index in [1.807, 2.05) is 36.4 Å². The topological polar surface area (TPSA) is 47.9 Å². The first-order chi connectivity index (χ1) is 6.86. The van der Waals surface area contributed by atoms with E-state index in [4.69, 9.17) is 5.26 Å². The van der Waals surface area contributed by atoms with Crippen LogP contribution in [0.25, 0.3) is 0 Å². The molecule has 1 aromatic carbocycles. The Morgan fingerprint density at radius 2 is 2.14 bits per heavy atom. The van der Waals surface area contributed by atoms with Crippen LogP contribution in [-0.2, 0) is 6.54 Å². The van der Waals surface area contributed by atoms with Crippen LogP contribution in [0.2, 0.25) is 0 Å². The number of nitrogens with one attached hydrogen (secondary N) is 2. The molecule has 0 aliphatic carbocycles. The maximum absolute atomic E-state index is 8.60. The molecule has 1 rings (SSSR count). The van der Waals surface area contributed by atoms with Crippen molar-refractivity contribution in [2.75, 3.05) is 7.05 Å². The van der Waals surface area contributed by atoms with Crippen LogP contribution in [0.5, 0.6) is 0 Å². The summed E-state index contributed by atoms with van der Waals surface area (Å²) in [4.78, 5) is 0. The molecule has 0 unspecified atom stereocenters. The standard InChI is InChI=1S/C11H13N3/c1-13-11(7-12)9-14-8-10-5-3-2-4-6-10/h2-6,9,13-14H,8H2,1H3/b11-9+. The number of nitriles is 1. The van der Waals surface area contributed by atoms with Crippen LogP contribution in [-0.4, -0.2) is 7.05 Å². The lowest BCUT2D eigenvalue weighted by molar-refractivity contribution is 0.848. The van der Waals surface area contributed by atoms with Crippen molar-refractivity contribution >= 4 is 0 Å². The van der Waals surface area contributed by atoms with Gasteiger partial charge in [0.1, 0.15) is 11.8 Å². The summed E-state index contributed by atoms with van der Waals surface area (Å²) in [6, 6.07) is 12.1. The van der Waals surface area contributed by atoms with Gasteiger partial charge in [0, 0.05) is 19.8 Å². The van der Waals surface area contributed by atoms with Crippen LogP contribution >= 0.6 is 0 Å². The van der Waals surface area contributed by atoms with Gasteiger partial charge in [-0.15, -0.1) is 0 Å². The number of nitrogens with zero attached hydrogens (tertiary/aromatic N) is 1. The fraction of sp³-hybridized carbons (Fsp3) is 0.182. The van der Waals surface area contributed by atoms with Crippen molar-refractivity contribution in [2.24, 2.45) is 0 Å². The largest absolute Gasteiger partial charge is 0.385 e. The van der Waals surface area contributed by atoms with E-state index in [0.717, 1.165) is 6.54 Å². The molecule has 0 heterocycles. The predicted molar refractivity (Wildman–Crippen MR) is 56.0 cm³/mol. The summed E-state index contributed by atoms with van der Waals surface area (Å²) in [6.07, 6.45) is 1.67. The average Bonchev–Trinajstić information content (AvgIpc) is 2.26. The first kappa shape index (κ1) is 10.1. The number of allylic oxidation sites excluding steroid dienone is 1.